The Bertz CT molecular complexity index is 1380. The van der Waals surface area contributed by atoms with Gasteiger partial charge in [0.25, 0.3) is 0 Å². The molecule has 12 heteroatoms. The largest absolute Gasteiger partial charge is 0.369 e. The molecule has 4 amide bonds. The maximum Gasteiger partial charge on any atom is 0.357 e. The Kier molecular flexibility index (Phi) is 11.5. The molecule has 2 fully saturated rings. The van der Waals surface area contributed by atoms with Gasteiger partial charge in [-0.1, -0.05) is 74.6 Å². The normalized spacial score (nSPS) is 20.3. The summed E-state index contributed by atoms with van der Waals surface area (Å²) in [6, 6.07) is 13.5. The van der Waals surface area contributed by atoms with Crippen LogP contribution in [0.5, 0.6) is 0 Å². The molecule has 0 saturated heterocycles. The lowest BCUT2D eigenvalue weighted by atomic mass is 9.79. The number of rotatable bonds is 12. The summed E-state index contributed by atoms with van der Waals surface area (Å²) < 4.78 is 0. The summed E-state index contributed by atoms with van der Waals surface area (Å²) in [6.45, 7) is 1.31. The van der Waals surface area contributed by atoms with Gasteiger partial charge in [0.1, 0.15) is 17.7 Å². The minimum absolute atomic E-state index is 0.122. The van der Waals surface area contributed by atoms with E-state index in [0.29, 0.717) is 36.8 Å². The van der Waals surface area contributed by atoms with Gasteiger partial charge in [-0.3, -0.25) is 19.2 Å². The van der Waals surface area contributed by atoms with E-state index >= 15 is 0 Å². The van der Waals surface area contributed by atoms with E-state index in [1.807, 2.05) is 0 Å². The molecular formula is C33H44N4O7P+. The predicted molar refractivity (Wildman–Crippen MR) is 171 cm³/mol. The molecule has 2 aliphatic rings. The molecule has 45 heavy (non-hydrogen) atoms. The summed E-state index contributed by atoms with van der Waals surface area (Å²) in [5.41, 5.74) is 5.21. The van der Waals surface area contributed by atoms with E-state index in [1.165, 1.54) is 19.1 Å². The highest BCUT2D eigenvalue weighted by molar-refractivity contribution is 7.81. The molecule has 2 aromatic rings. The van der Waals surface area contributed by atoms with Crippen LogP contribution in [0.25, 0.3) is 0 Å². The van der Waals surface area contributed by atoms with Crippen LogP contribution in [-0.4, -0.2) is 56.6 Å². The Balaban J connectivity index is 1.46. The van der Waals surface area contributed by atoms with Gasteiger partial charge in [0.05, 0.1) is 11.5 Å². The highest BCUT2D eigenvalue weighted by Gasteiger charge is 2.45. The first-order valence-electron chi connectivity index (χ1n) is 15.6. The Labute approximate surface area is 264 Å². The maximum absolute atomic E-state index is 13.8. The zero-order valence-corrected chi connectivity index (χ0v) is 26.6. The zero-order chi connectivity index (χ0) is 32.6. The summed E-state index contributed by atoms with van der Waals surface area (Å²) in [4.78, 5) is 85.5. The smallest absolute Gasteiger partial charge is 0.357 e. The molecule has 0 radical (unpaired) electrons. The summed E-state index contributed by atoms with van der Waals surface area (Å²) in [7, 11) is -3.94. The van der Waals surface area contributed by atoms with Crippen LogP contribution in [0.15, 0.2) is 54.6 Å². The monoisotopic (exact) mass is 639 g/mol. The van der Waals surface area contributed by atoms with Crippen molar-refractivity contribution in [3.63, 3.8) is 0 Å². The van der Waals surface area contributed by atoms with Crippen LogP contribution in [0.1, 0.15) is 86.2 Å². The van der Waals surface area contributed by atoms with Gasteiger partial charge in [-0.15, -0.1) is 0 Å². The Morgan fingerprint density at radius 1 is 0.889 bits per heavy atom. The fraction of sp³-hybridized carbons (Fsp3) is 0.485. The molecule has 4 rings (SSSR count). The van der Waals surface area contributed by atoms with Gasteiger partial charge in [-0.05, 0) is 48.9 Å². The van der Waals surface area contributed by atoms with Gasteiger partial charge in [0, 0.05) is 19.4 Å². The first-order chi connectivity index (χ1) is 21.4. The van der Waals surface area contributed by atoms with Crippen molar-refractivity contribution in [2.24, 2.45) is 11.7 Å². The third-order valence-electron chi connectivity index (χ3n) is 8.86. The van der Waals surface area contributed by atoms with Crippen LogP contribution in [0.4, 0.5) is 0 Å². The number of carbonyl (C=O) groups is 5. The first kappa shape index (κ1) is 34.2. The van der Waals surface area contributed by atoms with Crippen LogP contribution in [-0.2, 0) is 31.8 Å². The average Bonchev–Trinajstić information content (AvgIpc) is 3.02. The molecular weight excluding hydrogens is 595 g/mol. The summed E-state index contributed by atoms with van der Waals surface area (Å²) >= 11 is 0. The van der Waals surface area contributed by atoms with Crippen molar-refractivity contribution in [3.8, 4) is 0 Å². The van der Waals surface area contributed by atoms with E-state index in [2.05, 4.69) is 16.0 Å². The number of primary amides is 1. The second kappa shape index (κ2) is 15.1. The predicted octanol–water partition coefficient (Wildman–Crippen LogP) is 2.89. The Morgan fingerprint density at radius 2 is 1.51 bits per heavy atom. The molecule has 0 aromatic heterocycles. The number of carbonyl (C=O) groups excluding carboxylic acids is 5. The number of hydrogen-bond donors (Lipinski definition) is 6. The molecule has 0 bridgehead atoms. The molecule has 2 saturated carbocycles. The summed E-state index contributed by atoms with van der Waals surface area (Å²) in [5, 5.41) is 8.72. The molecule has 2 aromatic carbocycles. The standard InChI is InChI=1S/C33H43N4O7P/c1-22(38)35-28(20-23-14-16-24(17-15-23)21-45(43,44)31(41)25-10-4-2-5-11-25)30(40)37-33(18-8-3-9-19-33)32(42)36-27-13-7-6-12-26(27)29(34)39/h2,4-5,10-11,14-17,26-28,43-44H,3,6-9,12-13,18-21H2,1H3,(H4-,34,35,36,37,38,39,40,42)/p+1/t26-,27+,28-/m0/s1. The maximum atomic E-state index is 13.8. The molecule has 2 aliphatic carbocycles. The number of nitrogens with one attached hydrogen (secondary N) is 3. The third-order valence-corrected chi connectivity index (χ3v) is 10.6. The van der Waals surface area contributed by atoms with Crippen molar-refractivity contribution in [3.05, 3.63) is 71.3 Å². The van der Waals surface area contributed by atoms with Gasteiger partial charge in [0.15, 0.2) is 0 Å². The van der Waals surface area contributed by atoms with Gasteiger partial charge in [-0.2, -0.15) is 0 Å². The lowest BCUT2D eigenvalue weighted by Crippen LogP contribution is -2.65. The molecule has 0 unspecified atom stereocenters. The number of amides is 4. The quantitative estimate of drug-likeness (QED) is 0.193. The van der Waals surface area contributed by atoms with Crippen molar-refractivity contribution < 1.29 is 33.8 Å². The van der Waals surface area contributed by atoms with Crippen molar-refractivity contribution in [2.45, 2.75) is 94.9 Å². The van der Waals surface area contributed by atoms with Gasteiger partial charge >= 0.3 is 13.2 Å². The second-order valence-corrected chi connectivity index (χ2v) is 14.5. The van der Waals surface area contributed by atoms with Crippen LogP contribution in [0.2, 0.25) is 0 Å². The summed E-state index contributed by atoms with van der Waals surface area (Å²) in [5.74, 6) is -2.12. The molecule has 0 spiro atoms. The highest BCUT2D eigenvalue weighted by atomic mass is 31.2. The lowest BCUT2D eigenvalue weighted by Gasteiger charge is -2.40. The number of nitrogens with two attached hydrogens (primary N) is 1. The van der Waals surface area contributed by atoms with Crippen molar-refractivity contribution in [1.29, 1.82) is 0 Å². The van der Waals surface area contributed by atoms with Gasteiger partial charge in [0.2, 0.25) is 23.6 Å². The lowest BCUT2D eigenvalue weighted by molar-refractivity contribution is -0.138. The van der Waals surface area contributed by atoms with Crippen LogP contribution in [0, 0.1) is 5.92 Å². The number of benzene rings is 2. The van der Waals surface area contributed by atoms with Gasteiger partial charge < -0.3 is 21.7 Å². The molecule has 11 nitrogen and oxygen atoms in total. The average molecular weight is 640 g/mol. The molecule has 242 valence electrons. The third kappa shape index (κ3) is 8.96. The van der Waals surface area contributed by atoms with E-state index in [4.69, 9.17) is 5.73 Å². The van der Waals surface area contributed by atoms with Crippen LogP contribution in [0.3, 0.4) is 0 Å². The van der Waals surface area contributed by atoms with E-state index < -0.39 is 48.5 Å². The molecule has 7 N–H and O–H groups in total. The van der Waals surface area contributed by atoms with E-state index in [1.54, 1.807) is 42.5 Å². The molecule has 3 atom stereocenters. The first-order valence-corrected chi connectivity index (χ1v) is 17.5. The summed E-state index contributed by atoms with van der Waals surface area (Å²) in [6.07, 6.45) is 6.20. The van der Waals surface area contributed by atoms with Crippen LogP contribution >= 0.6 is 7.72 Å². The van der Waals surface area contributed by atoms with Crippen molar-refractivity contribution >= 4 is 36.9 Å². The van der Waals surface area contributed by atoms with Crippen molar-refractivity contribution in [1.82, 2.24) is 16.0 Å². The fourth-order valence-electron chi connectivity index (χ4n) is 6.42. The SMILES string of the molecule is CC(=O)N[C@@H](Cc1ccc(C[P+](O)(O)C(=O)c2ccccc2)cc1)C(=O)NC1(C(=O)N[C@@H]2CCCC[C@@H]2C(N)=O)CCCCC1. The van der Waals surface area contributed by atoms with Gasteiger partial charge in [-0.25, -0.2) is 14.6 Å². The van der Waals surface area contributed by atoms with E-state index in [-0.39, 0.29) is 30.1 Å². The fourth-order valence-corrected chi connectivity index (χ4v) is 7.85. The highest BCUT2D eigenvalue weighted by Crippen LogP contribution is 2.55. The van der Waals surface area contributed by atoms with E-state index in [0.717, 1.165) is 32.1 Å². The van der Waals surface area contributed by atoms with Crippen molar-refractivity contribution in [2.75, 3.05) is 0 Å². The van der Waals surface area contributed by atoms with E-state index in [9.17, 15) is 33.8 Å². The Morgan fingerprint density at radius 3 is 2.13 bits per heavy atom. The molecule has 0 heterocycles. The second-order valence-electron chi connectivity index (χ2n) is 12.3. The molecule has 0 aliphatic heterocycles. The minimum atomic E-state index is -3.94. The van der Waals surface area contributed by atoms with Crippen LogP contribution < -0.4 is 21.7 Å². The Hall–Kier alpha value is -3.66. The number of hydrogen-bond acceptors (Lipinski definition) is 7. The zero-order valence-electron chi connectivity index (χ0n) is 25.7. The minimum Gasteiger partial charge on any atom is -0.369 e. The topological polar surface area (TPSA) is 188 Å².